The monoisotopic (exact) mass is 627 g/mol. The highest BCUT2D eigenvalue weighted by atomic mass is 127. The van der Waals surface area contributed by atoms with Crippen LogP contribution in [0.25, 0.3) is 0 Å². The molecule has 4 nitrogen and oxygen atoms in total. The van der Waals surface area contributed by atoms with Crippen LogP contribution in [0.15, 0.2) is 6.07 Å². The molecule has 7 heteroatoms. The summed E-state index contributed by atoms with van der Waals surface area (Å²) in [6.07, 6.45) is 2.25. The Bertz CT molecular complexity index is 544. The van der Waals surface area contributed by atoms with Crippen LogP contribution in [-0.4, -0.2) is 32.7 Å². The Labute approximate surface area is 166 Å². The van der Waals surface area contributed by atoms with Crippen molar-refractivity contribution >= 4 is 79.4 Å². The highest BCUT2D eigenvalue weighted by molar-refractivity contribution is 14.1. The van der Waals surface area contributed by atoms with Gasteiger partial charge in [-0.3, -0.25) is 0 Å². The molecule has 0 spiro atoms. The largest absolute Gasteiger partial charge is 0.462 e. The summed E-state index contributed by atoms with van der Waals surface area (Å²) in [6.45, 7) is 2.84. The van der Waals surface area contributed by atoms with Gasteiger partial charge in [0.15, 0.2) is 0 Å². The molecule has 0 aliphatic carbocycles. The van der Waals surface area contributed by atoms with Crippen LogP contribution in [0.3, 0.4) is 0 Å². The van der Waals surface area contributed by atoms with Crippen molar-refractivity contribution in [2.75, 3.05) is 32.5 Å². The van der Waals surface area contributed by atoms with Gasteiger partial charge < -0.3 is 15.4 Å². The van der Waals surface area contributed by atoms with Gasteiger partial charge in [-0.2, -0.15) is 0 Å². The first-order valence-electron chi connectivity index (χ1n) is 6.81. The minimum atomic E-state index is -0.252. The molecule has 1 aliphatic heterocycles. The van der Waals surface area contributed by atoms with Crippen molar-refractivity contribution in [2.24, 2.45) is 5.92 Å². The minimum absolute atomic E-state index is 0.252. The predicted octanol–water partition coefficient (Wildman–Crippen LogP) is 2.16. The van der Waals surface area contributed by atoms with Crippen LogP contribution in [0.4, 0.5) is 5.69 Å². The van der Waals surface area contributed by atoms with Crippen LogP contribution < -0.4 is 10.6 Å². The van der Waals surface area contributed by atoms with Gasteiger partial charge in [0.05, 0.1) is 41.6 Å². The molecule has 0 atom stereocenters. The molecule has 21 heavy (non-hydrogen) atoms. The lowest BCUT2D eigenvalue weighted by molar-refractivity contribution is -0.886. The number of piperidine rings is 1. The Morgan fingerprint density at radius 2 is 1.95 bits per heavy atom. The molecule has 1 aromatic rings. The summed E-state index contributed by atoms with van der Waals surface area (Å²) in [5.41, 5.74) is 7.28. The molecule has 3 N–H and O–H groups in total. The summed E-state index contributed by atoms with van der Waals surface area (Å²) < 4.78 is 8.20. The lowest BCUT2D eigenvalue weighted by Crippen LogP contribution is -3.10. The first kappa shape index (κ1) is 18.0. The van der Waals surface area contributed by atoms with E-state index in [4.69, 9.17) is 10.5 Å². The third-order valence-corrected chi connectivity index (χ3v) is 6.68. The number of halogens is 3. The van der Waals surface area contributed by atoms with Crippen LogP contribution in [0.5, 0.6) is 0 Å². The zero-order valence-electron chi connectivity index (χ0n) is 11.7. The predicted molar refractivity (Wildman–Crippen MR) is 109 cm³/mol. The van der Waals surface area contributed by atoms with E-state index in [9.17, 15) is 4.79 Å². The van der Waals surface area contributed by atoms with Crippen molar-refractivity contribution in [3.63, 3.8) is 0 Å². The van der Waals surface area contributed by atoms with Crippen LogP contribution in [0, 0.1) is 16.6 Å². The van der Waals surface area contributed by atoms with Crippen LogP contribution >= 0.6 is 67.8 Å². The quantitative estimate of drug-likeness (QED) is 0.307. The average molecular weight is 627 g/mol. The number of rotatable bonds is 3. The number of nitrogens with two attached hydrogens (primary N) is 1. The van der Waals surface area contributed by atoms with E-state index in [1.807, 2.05) is 6.07 Å². The number of carbonyl (C=O) groups excluding carboxylic acids is 1. The average Bonchev–Trinajstić information content (AvgIpc) is 2.44. The standard InChI is InChI=1S/C14H17I3N2O2/c1-19-4-2-8(3-5-19)7-21-14(20)11-9(15)6-10(16)13(18)12(11)17/h6,8H,2-5,7,18H2,1H3/p+1. The molecule has 0 saturated carbocycles. The van der Waals surface area contributed by atoms with Gasteiger partial charge >= 0.3 is 5.97 Å². The van der Waals surface area contributed by atoms with Crippen LogP contribution in [0.1, 0.15) is 23.2 Å². The molecule has 2 rings (SSSR count). The maximum atomic E-state index is 12.4. The zero-order chi connectivity index (χ0) is 15.6. The molecular weight excluding hydrogens is 609 g/mol. The van der Waals surface area contributed by atoms with E-state index in [-0.39, 0.29) is 5.97 Å². The summed E-state index contributed by atoms with van der Waals surface area (Å²) in [7, 11) is 2.21. The molecule has 1 aromatic carbocycles. The SMILES string of the molecule is C[NH+]1CCC(COC(=O)c2c(I)cc(I)c(N)c2I)CC1. The first-order valence-corrected chi connectivity index (χ1v) is 10.0. The maximum absolute atomic E-state index is 12.4. The summed E-state index contributed by atoms with van der Waals surface area (Å²) in [5, 5.41) is 0. The number of nitrogen functional groups attached to an aromatic ring is 1. The molecule has 116 valence electrons. The molecule has 0 bridgehead atoms. The van der Waals surface area contributed by atoms with Crippen molar-refractivity contribution in [1.29, 1.82) is 0 Å². The Kier molecular flexibility index (Phi) is 6.81. The lowest BCUT2D eigenvalue weighted by Gasteiger charge is -2.26. The third kappa shape index (κ3) is 4.56. The summed E-state index contributed by atoms with van der Waals surface area (Å²) in [5.74, 6) is 0.243. The topological polar surface area (TPSA) is 56.8 Å². The van der Waals surface area contributed by atoms with E-state index >= 15 is 0 Å². The molecule has 0 unspecified atom stereocenters. The molecule has 0 aromatic heterocycles. The number of carbonyl (C=O) groups is 1. The second kappa shape index (κ2) is 7.95. The first-order chi connectivity index (χ1) is 9.90. The number of likely N-dealkylation sites (tertiary alicyclic amines) is 1. The maximum Gasteiger partial charge on any atom is 0.340 e. The zero-order valence-corrected chi connectivity index (χ0v) is 18.2. The van der Waals surface area contributed by atoms with Crippen LogP contribution in [0.2, 0.25) is 0 Å². The fraction of sp³-hybridized carbons (Fsp3) is 0.500. The normalized spacial score (nSPS) is 22.1. The summed E-state index contributed by atoms with van der Waals surface area (Å²) >= 11 is 6.49. The third-order valence-electron chi connectivity index (χ3n) is 3.82. The number of hydrogen-bond donors (Lipinski definition) is 2. The number of anilines is 1. The van der Waals surface area contributed by atoms with Gasteiger partial charge in [0, 0.05) is 25.9 Å². The van der Waals surface area contributed by atoms with Crippen molar-refractivity contribution < 1.29 is 14.4 Å². The second-order valence-corrected chi connectivity index (χ2v) is 8.84. The molecular formula is C14H18I3N2O2+. The van der Waals surface area contributed by atoms with Crippen molar-refractivity contribution in [2.45, 2.75) is 12.8 Å². The van der Waals surface area contributed by atoms with E-state index in [0.29, 0.717) is 23.8 Å². The Balaban J connectivity index is 2.02. The molecule has 1 heterocycles. The van der Waals surface area contributed by atoms with E-state index in [2.05, 4.69) is 74.8 Å². The van der Waals surface area contributed by atoms with Gasteiger partial charge in [0.1, 0.15) is 0 Å². The lowest BCUT2D eigenvalue weighted by atomic mass is 9.98. The number of ether oxygens (including phenoxy) is 1. The smallest absolute Gasteiger partial charge is 0.340 e. The molecule has 1 saturated heterocycles. The van der Waals surface area contributed by atoms with E-state index < -0.39 is 0 Å². The molecule has 1 aliphatic rings. The van der Waals surface area contributed by atoms with Crippen LogP contribution in [-0.2, 0) is 4.74 Å². The minimum Gasteiger partial charge on any atom is -0.462 e. The fourth-order valence-corrected chi connectivity index (χ4v) is 6.21. The highest BCUT2D eigenvalue weighted by Gasteiger charge is 2.23. The van der Waals surface area contributed by atoms with Gasteiger partial charge in [-0.1, -0.05) is 0 Å². The van der Waals surface area contributed by atoms with Gasteiger partial charge in [-0.15, -0.1) is 0 Å². The molecule has 0 amide bonds. The second-order valence-electron chi connectivity index (χ2n) is 5.44. The van der Waals surface area contributed by atoms with Crippen molar-refractivity contribution in [3.05, 3.63) is 22.3 Å². The molecule has 0 radical (unpaired) electrons. The number of nitrogens with one attached hydrogen (secondary N) is 1. The Morgan fingerprint density at radius 3 is 2.57 bits per heavy atom. The van der Waals surface area contributed by atoms with E-state index in [0.717, 1.165) is 36.6 Å². The summed E-state index contributed by atoms with van der Waals surface area (Å²) in [6, 6.07) is 1.92. The highest BCUT2D eigenvalue weighted by Crippen LogP contribution is 2.30. The summed E-state index contributed by atoms with van der Waals surface area (Å²) in [4.78, 5) is 13.9. The number of quaternary nitrogens is 1. The number of benzene rings is 1. The van der Waals surface area contributed by atoms with E-state index in [1.54, 1.807) is 4.90 Å². The van der Waals surface area contributed by atoms with Gasteiger partial charge in [-0.05, 0) is 73.8 Å². The van der Waals surface area contributed by atoms with Gasteiger partial charge in [-0.25, -0.2) is 4.79 Å². The number of esters is 1. The molecule has 1 fully saturated rings. The van der Waals surface area contributed by atoms with Gasteiger partial charge in [0.2, 0.25) is 0 Å². The van der Waals surface area contributed by atoms with Crippen molar-refractivity contribution in [3.8, 4) is 0 Å². The fourth-order valence-electron chi connectivity index (χ4n) is 2.40. The van der Waals surface area contributed by atoms with Gasteiger partial charge in [0.25, 0.3) is 0 Å². The number of hydrogen-bond acceptors (Lipinski definition) is 3. The Morgan fingerprint density at radius 1 is 1.33 bits per heavy atom. The Hall–Kier alpha value is 0.640. The van der Waals surface area contributed by atoms with Crippen molar-refractivity contribution in [1.82, 2.24) is 0 Å². The van der Waals surface area contributed by atoms with E-state index in [1.165, 1.54) is 0 Å².